The van der Waals surface area contributed by atoms with Crippen molar-refractivity contribution in [1.29, 1.82) is 0 Å². The summed E-state index contributed by atoms with van der Waals surface area (Å²) >= 11 is 0. The SMILES string of the molecule is Cc1nc2ccc(Cc3ccc(CN)o3)cc2o1. The Morgan fingerprint density at radius 2 is 1.94 bits per heavy atom. The Hall–Kier alpha value is -2.07. The van der Waals surface area contributed by atoms with Crippen LogP contribution in [0.1, 0.15) is 23.0 Å². The third-order valence-electron chi connectivity index (χ3n) is 2.86. The van der Waals surface area contributed by atoms with Crippen molar-refractivity contribution in [2.75, 3.05) is 0 Å². The number of aryl methyl sites for hydroxylation is 1. The molecule has 3 rings (SSSR count). The van der Waals surface area contributed by atoms with Crippen LogP contribution < -0.4 is 5.73 Å². The van der Waals surface area contributed by atoms with E-state index in [-0.39, 0.29) is 0 Å². The molecule has 0 atom stereocenters. The van der Waals surface area contributed by atoms with Crippen LogP contribution in [-0.4, -0.2) is 4.98 Å². The van der Waals surface area contributed by atoms with E-state index in [4.69, 9.17) is 14.6 Å². The first kappa shape index (κ1) is 11.0. The molecule has 0 saturated carbocycles. The van der Waals surface area contributed by atoms with E-state index in [1.807, 2.05) is 37.3 Å². The molecule has 0 fully saturated rings. The average molecular weight is 242 g/mol. The second kappa shape index (κ2) is 4.31. The van der Waals surface area contributed by atoms with Gasteiger partial charge in [0.25, 0.3) is 0 Å². The molecule has 3 aromatic rings. The highest BCUT2D eigenvalue weighted by atomic mass is 16.3. The molecule has 0 saturated heterocycles. The molecule has 4 heteroatoms. The molecule has 0 aliphatic rings. The Labute approximate surface area is 104 Å². The maximum Gasteiger partial charge on any atom is 0.192 e. The summed E-state index contributed by atoms with van der Waals surface area (Å²) in [6.07, 6.45) is 0.732. The number of hydrogen-bond donors (Lipinski definition) is 1. The third kappa shape index (κ3) is 2.02. The van der Waals surface area contributed by atoms with E-state index >= 15 is 0 Å². The largest absolute Gasteiger partial charge is 0.464 e. The summed E-state index contributed by atoms with van der Waals surface area (Å²) in [6, 6.07) is 9.87. The molecular weight excluding hydrogens is 228 g/mol. The molecule has 2 heterocycles. The lowest BCUT2D eigenvalue weighted by Crippen LogP contribution is -1.93. The highest BCUT2D eigenvalue weighted by Gasteiger charge is 2.06. The fraction of sp³-hybridized carbons (Fsp3) is 0.214. The van der Waals surface area contributed by atoms with Gasteiger partial charge in [0.15, 0.2) is 11.5 Å². The van der Waals surface area contributed by atoms with Crippen LogP contribution in [0, 0.1) is 6.92 Å². The predicted octanol–water partition coefficient (Wildman–Crippen LogP) is 2.78. The van der Waals surface area contributed by atoms with E-state index in [2.05, 4.69) is 4.98 Å². The Morgan fingerprint density at radius 3 is 2.72 bits per heavy atom. The maximum atomic E-state index is 5.58. The lowest BCUT2D eigenvalue weighted by Gasteiger charge is -1.98. The Balaban J connectivity index is 1.89. The van der Waals surface area contributed by atoms with E-state index in [1.54, 1.807) is 0 Å². The van der Waals surface area contributed by atoms with Crippen molar-refractivity contribution in [1.82, 2.24) is 4.98 Å². The van der Waals surface area contributed by atoms with Crippen molar-refractivity contribution in [2.24, 2.45) is 5.73 Å². The Kier molecular flexibility index (Phi) is 2.64. The average Bonchev–Trinajstić information content (AvgIpc) is 2.94. The minimum absolute atomic E-state index is 0.431. The van der Waals surface area contributed by atoms with Crippen LogP contribution in [0.15, 0.2) is 39.2 Å². The van der Waals surface area contributed by atoms with Crippen LogP contribution in [0.5, 0.6) is 0 Å². The topological polar surface area (TPSA) is 65.2 Å². The minimum atomic E-state index is 0.431. The van der Waals surface area contributed by atoms with Gasteiger partial charge in [-0.2, -0.15) is 0 Å². The summed E-state index contributed by atoms with van der Waals surface area (Å²) in [5.41, 5.74) is 8.36. The van der Waals surface area contributed by atoms with Gasteiger partial charge in [0.2, 0.25) is 0 Å². The number of benzene rings is 1. The van der Waals surface area contributed by atoms with Crippen molar-refractivity contribution < 1.29 is 8.83 Å². The summed E-state index contributed by atoms with van der Waals surface area (Å²) in [4.78, 5) is 4.27. The van der Waals surface area contributed by atoms with Gasteiger partial charge in [0.05, 0.1) is 6.54 Å². The van der Waals surface area contributed by atoms with Crippen molar-refractivity contribution in [3.63, 3.8) is 0 Å². The molecule has 4 nitrogen and oxygen atoms in total. The number of furan rings is 1. The molecule has 2 N–H and O–H groups in total. The molecule has 18 heavy (non-hydrogen) atoms. The second-order valence-electron chi connectivity index (χ2n) is 4.28. The first-order valence-electron chi connectivity index (χ1n) is 5.88. The smallest absolute Gasteiger partial charge is 0.192 e. The molecule has 0 spiro atoms. The van der Waals surface area contributed by atoms with Gasteiger partial charge in [-0.25, -0.2) is 4.98 Å². The third-order valence-corrected chi connectivity index (χ3v) is 2.86. The number of hydrogen-bond acceptors (Lipinski definition) is 4. The molecule has 0 radical (unpaired) electrons. The Morgan fingerprint density at radius 1 is 1.11 bits per heavy atom. The molecule has 0 bridgehead atoms. The number of oxazole rings is 1. The van der Waals surface area contributed by atoms with Crippen molar-refractivity contribution in [3.05, 3.63) is 53.3 Å². The van der Waals surface area contributed by atoms with Gasteiger partial charge < -0.3 is 14.6 Å². The monoisotopic (exact) mass is 242 g/mol. The molecule has 0 amide bonds. The molecule has 92 valence electrons. The van der Waals surface area contributed by atoms with Gasteiger partial charge in [0.1, 0.15) is 17.0 Å². The first-order chi connectivity index (χ1) is 8.74. The summed E-state index contributed by atoms with van der Waals surface area (Å²) in [6.45, 7) is 2.28. The van der Waals surface area contributed by atoms with Gasteiger partial charge >= 0.3 is 0 Å². The maximum absolute atomic E-state index is 5.58. The number of nitrogens with two attached hydrogens (primary N) is 1. The standard InChI is InChI=1S/C14H14N2O2/c1-9-16-13-5-2-10(7-14(13)17-9)6-11-3-4-12(8-15)18-11/h2-5,7H,6,8,15H2,1H3. The number of nitrogens with zero attached hydrogens (tertiary/aromatic N) is 1. The number of rotatable bonds is 3. The van der Waals surface area contributed by atoms with Crippen LogP contribution in [0.25, 0.3) is 11.1 Å². The number of fused-ring (bicyclic) bond motifs is 1. The van der Waals surface area contributed by atoms with Gasteiger partial charge in [-0.1, -0.05) is 6.07 Å². The highest BCUT2D eigenvalue weighted by Crippen LogP contribution is 2.19. The van der Waals surface area contributed by atoms with Crippen molar-refractivity contribution in [3.8, 4) is 0 Å². The number of aromatic nitrogens is 1. The molecular formula is C14H14N2O2. The van der Waals surface area contributed by atoms with Gasteiger partial charge in [-0.3, -0.25) is 0 Å². The van der Waals surface area contributed by atoms with E-state index in [0.29, 0.717) is 12.4 Å². The zero-order valence-electron chi connectivity index (χ0n) is 10.1. The molecule has 0 unspecified atom stereocenters. The molecule has 0 aliphatic heterocycles. The highest BCUT2D eigenvalue weighted by molar-refractivity contribution is 5.73. The zero-order valence-corrected chi connectivity index (χ0v) is 10.1. The van der Waals surface area contributed by atoms with E-state index < -0.39 is 0 Å². The lowest BCUT2D eigenvalue weighted by molar-refractivity contribution is 0.475. The van der Waals surface area contributed by atoms with E-state index in [9.17, 15) is 0 Å². The molecule has 1 aromatic carbocycles. The summed E-state index contributed by atoms with van der Waals surface area (Å²) in [5, 5.41) is 0. The van der Waals surface area contributed by atoms with Gasteiger partial charge in [-0.15, -0.1) is 0 Å². The van der Waals surface area contributed by atoms with Crippen LogP contribution in [-0.2, 0) is 13.0 Å². The minimum Gasteiger partial charge on any atom is -0.464 e. The van der Waals surface area contributed by atoms with E-state index in [0.717, 1.165) is 34.6 Å². The quantitative estimate of drug-likeness (QED) is 0.767. The molecule has 2 aromatic heterocycles. The first-order valence-corrected chi connectivity index (χ1v) is 5.88. The van der Waals surface area contributed by atoms with Crippen LogP contribution in [0.2, 0.25) is 0 Å². The lowest BCUT2D eigenvalue weighted by atomic mass is 10.1. The second-order valence-corrected chi connectivity index (χ2v) is 4.28. The van der Waals surface area contributed by atoms with E-state index in [1.165, 1.54) is 0 Å². The van der Waals surface area contributed by atoms with Gasteiger partial charge in [0, 0.05) is 13.3 Å². The predicted molar refractivity (Wildman–Crippen MR) is 68.2 cm³/mol. The van der Waals surface area contributed by atoms with Gasteiger partial charge in [-0.05, 0) is 29.8 Å². The van der Waals surface area contributed by atoms with Crippen LogP contribution >= 0.6 is 0 Å². The zero-order chi connectivity index (χ0) is 12.5. The molecule has 0 aliphatic carbocycles. The summed E-state index contributed by atoms with van der Waals surface area (Å²) in [5.74, 6) is 2.40. The van der Waals surface area contributed by atoms with Crippen molar-refractivity contribution >= 4 is 11.1 Å². The van der Waals surface area contributed by atoms with Crippen LogP contribution in [0.3, 0.4) is 0 Å². The Bertz CT molecular complexity index is 682. The fourth-order valence-corrected chi connectivity index (χ4v) is 2.02. The normalized spacial score (nSPS) is 11.2. The van der Waals surface area contributed by atoms with Crippen LogP contribution in [0.4, 0.5) is 0 Å². The van der Waals surface area contributed by atoms with Crippen molar-refractivity contribution in [2.45, 2.75) is 19.9 Å². The summed E-state index contributed by atoms with van der Waals surface area (Å²) < 4.78 is 11.1. The summed E-state index contributed by atoms with van der Waals surface area (Å²) in [7, 11) is 0. The fourth-order valence-electron chi connectivity index (χ4n) is 2.02.